The SMILES string of the molecule is CC(NCCCC(F)(F)F)c1cncc(F)c1. The summed E-state index contributed by atoms with van der Waals surface area (Å²) in [6.07, 6.45) is -2.35. The van der Waals surface area contributed by atoms with Crippen molar-refractivity contribution in [1.29, 1.82) is 0 Å². The summed E-state index contributed by atoms with van der Waals surface area (Å²) < 4.78 is 48.4. The monoisotopic (exact) mass is 250 g/mol. The van der Waals surface area contributed by atoms with E-state index in [0.29, 0.717) is 5.56 Å². The predicted molar refractivity (Wildman–Crippen MR) is 55.9 cm³/mol. The Morgan fingerprint density at radius 1 is 1.35 bits per heavy atom. The third-order valence-corrected chi connectivity index (χ3v) is 2.31. The Balaban J connectivity index is 2.33. The van der Waals surface area contributed by atoms with Crippen LogP contribution >= 0.6 is 0 Å². The van der Waals surface area contributed by atoms with Crippen LogP contribution in [-0.2, 0) is 0 Å². The molecule has 0 aliphatic rings. The van der Waals surface area contributed by atoms with Gasteiger partial charge in [0.1, 0.15) is 5.82 Å². The van der Waals surface area contributed by atoms with Crippen LogP contribution in [-0.4, -0.2) is 17.7 Å². The topological polar surface area (TPSA) is 24.9 Å². The zero-order chi connectivity index (χ0) is 12.9. The fourth-order valence-electron chi connectivity index (χ4n) is 1.39. The van der Waals surface area contributed by atoms with Crippen molar-refractivity contribution in [2.24, 2.45) is 0 Å². The van der Waals surface area contributed by atoms with Gasteiger partial charge in [-0.1, -0.05) is 0 Å². The second-order valence-electron chi connectivity index (χ2n) is 3.83. The van der Waals surface area contributed by atoms with Gasteiger partial charge in [-0.3, -0.25) is 4.98 Å². The van der Waals surface area contributed by atoms with Crippen LogP contribution in [0.15, 0.2) is 18.5 Å². The third-order valence-electron chi connectivity index (χ3n) is 2.31. The molecule has 0 fully saturated rings. The predicted octanol–water partition coefficient (Wildman–Crippen LogP) is 3.21. The summed E-state index contributed by atoms with van der Waals surface area (Å²) in [6.45, 7) is 1.99. The highest BCUT2D eigenvalue weighted by molar-refractivity contribution is 5.14. The molecule has 96 valence electrons. The van der Waals surface area contributed by atoms with E-state index in [1.54, 1.807) is 6.92 Å². The number of aromatic nitrogens is 1. The molecule has 0 radical (unpaired) electrons. The van der Waals surface area contributed by atoms with Crippen molar-refractivity contribution in [1.82, 2.24) is 10.3 Å². The van der Waals surface area contributed by atoms with Gasteiger partial charge in [0.2, 0.25) is 0 Å². The molecule has 0 aromatic carbocycles. The molecule has 0 spiro atoms. The van der Waals surface area contributed by atoms with Crippen LogP contribution in [0, 0.1) is 5.82 Å². The Morgan fingerprint density at radius 2 is 2.06 bits per heavy atom. The molecule has 0 aliphatic carbocycles. The van der Waals surface area contributed by atoms with Crippen molar-refractivity contribution in [3.8, 4) is 0 Å². The normalized spacial score (nSPS) is 13.7. The molecule has 1 N–H and O–H groups in total. The quantitative estimate of drug-likeness (QED) is 0.641. The number of hydrogen-bond donors (Lipinski definition) is 1. The van der Waals surface area contributed by atoms with E-state index < -0.39 is 18.4 Å². The molecule has 0 bridgehead atoms. The summed E-state index contributed by atoms with van der Waals surface area (Å²) in [5, 5.41) is 2.89. The first-order valence-corrected chi connectivity index (χ1v) is 5.29. The molecule has 1 heterocycles. The molecule has 1 atom stereocenters. The largest absolute Gasteiger partial charge is 0.389 e. The molecule has 6 heteroatoms. The van der Waals surface area contributed by atoms with Crippen LogP contribution in [0.3, 0.4) is 0 Å². The van der Waals surface area contributed by atoms with Crippen LogP contribution in [0.25, 0.3) is 0 Å². The average Bonchev–Trinajstić information content (AvgIpc) is 2.23. The molecule has 0 saturated heterocycles. The Kier molecular flexibility index (Phi) is 4.86. The molecule has 0 amide bonds. The molecule has 0 saturated carbocycles. The van der Waals surface area contributed by atoms with Crippen LogP contribution in [0.2, 0.25) is 0 Å². The fraction of sp³-hybridized carbons (Fsp3) is 0.545. The van der Waals surface area contributed by atoms with Crippen molar-refractivity contribution in [2.75, 3.05) is 6.54 Å². The van der Waals surface area contributed by atoms with Gasteiger partial charge < -0.3 is 5.32 Å². The molecule has 2 nitrogen and oxygen atoms in total. The molecule has 1 unspecified atom stereocenters. The van der Waals surface area contributed by atoms with Crippen LogP contribution in [0.1, 0.15) is 31.4 Å². The van der Waals surface area contributed by atoms with Gasteiger partial charge >= 0.3 is 6.18 Å². The maximum absolute atomic E-state index is 12.8. The molecular formula is C11H14F4N2. The van der Waals surface area contributed by atoms with Crippen molar-refractivity contribution >= 4 is 0 Å². The lowest BCUT2D eigenvalue weighted by molar-refractivity contribution is -0.135. The van der Waals surface area contributed by atoms with Crippen molar-refractivity contribution < 1.29 is 17.6 Å². The first kappa shape index (κ1) is 13.9. The number of pyridine rings is 1. The molecule has 17 heavy (non-hydrogen) atoms. The van der Waals surface area contributed by atoms with E-state index in [0.717, 1.165) is 6.20 Å². The van der Waals surface area contributed by atoms with Gasteiger partial charge in [-0.15, -0.1) is 0 Å². The fourth-order valence-corrected chi connectivity index (χ4v) is 1.39. The molecule has 1 aromatic rings. The summed E-state index contributed by atoms with van der Waals surface area (Å²) >= 11 is 0. The Bertz CT molecular complexity index is 352. The highest BCUT2D eigenvalue weighted by Crippen LogP contribution is 2.21. The van der Waals surface area contributed by atoms with Crippen molar-refractivity contribution in [3.63, 3.8) is 0 Å². The minimum absolute atomic E-state index is 0.0105. The minimum atomic E-state index is -4.12. The maximum Gasteiger partial charge on any atom is 0.389 e. The van der Waals surface area contributed by atoms with Crippen molar-refractivity contribution in [3.05, 3.63) is 29.8 Å². The zero-order valence-corrected chi connectivity index (χ0v) is 9.39. The Hall–Kier alpha value is -1.17. The van der Waals surface area contributed by atoms with Gasteiger partial charge in [-0.2, -0.15) is 13.2 Å². The lowest BCUT2D eigenvalue weighted by Gasteiger charge is -2.14. The van der Waals surface area contributed by atoms with E-state index in [1.807, 2.05) is 0 Å². The standard InChI is InChI=1S/C11H14F4N2/c1-8(9-5-10(12)7-16-6-9)17-4-2-3-11(13,14)15/h5-8,17H,2-4H2,1H3. The second-order valence-corrected chi connectivity index (χ2v) is 3.83. The highest BCUT2D eigenvalue weighted by atomic mass is 19.4. The van der Waals surface area contributed by atoms with E-state index in [4.69, 9.17) is 0 Å². The Morgan fingerprint density at radius 3 is 2.65 bits per heavy atom. The first-order chi connectivity index (χ1) is 7.88. The summed E-state index contributed by atoms with van der Waals surface area (Å²) in [5.41, 5.74) is 0.622. The molecule has 1 aromatic heterocycles. The summed E-state index contributed by atoms with van der Waals surface area (Å²) in [5.74, 6) is -0.452. The minimum Gasteiger partial charge on any atom is -0.310 e. The highest BCUT2D eigenvalue weighted by Gasteiger charge is 2.25. The first-order valence-electron chi connectivity index (χ1n) is 5.29. The number of halogens is 4. The number of alkyl halides is 3. The van der Waals surface area contributed by atoms with E-state index in [-0.39, 0.29) is 19.0 Å². The summed E-state index contributed by atoms with van der Waals surface area (Å²) in [6, 6.07) is 1.10. The maximum atomic E-state index is 12.8. The van der Waals surface area contributed by atoms with E-state index in [1.165, 1.54) is 12.3 Å². The average molecular weight is 250 g/mol. The van der Waals surface area contributed by atoms with Gasteiger partial charge in [-0.25, -0.2) is 4.39 Å². The third kappa shape index (κ3) is 5.63. The van der Waals surface area contributed by atoms with Gasteiger partial charge in [-0.05, 0) is 31.5 Å². The molecule has 0 aliphatic heterocycles. The summed E-state index contributed by atoms with van der Waals surface area (Å²) in [4.78, 5) is 3.68. The van der Waals surface area contributed by atoms with E-state index >= 15 is 0 Å². The van der Waals surface area contributed by atoms with Crippen LogP contribution in [0.4, 0.5) is 17.6 Å². The smallest absolute Gasteiger partial charge is 0.310 e. The van der Waals surface area contributed by atoms with Crippen LogP contribution < -0.4 is 5.32 Å². The van der Waals surface area contributed by atoms with E-state index in [2.05, 4.69) is 10.3 Å². The zero-order valence-electron chi connectivity index (χ0n) is 9.39. The van der Waals surface area contributed by atoms with Gasteiger partial charge in [0, 0.05) is 18.7 Å². The second kappa shape index (κ2) is 5.95. The van der Waals surface area contributed by atoms with Crippen LogP contribution in [0.5, 0.6) is 0 Å². The van der Waals surface area contributed by atoms with Crippen molar-refractivity contribution in [2.45, 2.75) is 32.0 Å². The number of rotatable bonds is 5. The lowest BCUT2D eigenvalue weighted by atomic mass is 10.1. The number of nitrogens with zero attached hydrogens (tertiary/aromatic N) is 1. The van der Waals surface area contributed by atoms with E-state index in [9.17, 15) is 17.6 Å². The van der Waals surface area contributed by atoms with Gasteiger partial charge in [0.25, 0.3) is 0 Å². The molecule has 1 rings (SSSR count). The lowest BCUT2D eigenvalue weighted by Crippen LogP contribution is -2.21. The molecular weight excluding hydrogens is 236 g/mol. The van der Waals surface area contributed by atoms with Gasteiger partial charge in [0.15, 0.2) is 0 Å². The number of hydrogen-bond acceptors (Lipinski definition) is 2. The number of nitrogens with one attached hydrogen (secondary N) is 1. The summed E-state index contributed by atoms with van der Waals surface area (Å²) in [7, 11) is 0. The van der Waals surface area contributed by atoms with Gasteiger partial charge in [0.05, 0.1) is 6.20 Å². The Labute approximate surface area is 97.1 Å².